The van der Waals surface area contributed by atoms with Crippen LogP contribution in [0.5, 0.6) is 0 Å². The van der Waals surface area contributed by atoms with Gasteiger partial charge in [0.25, 0.3) is 0 Å². The van der Waals surface area contributed by atoms with E-state index >= 15 is 0 Å². The highest BCUT2D eigenvalue weighted by atomic mass is 32.2. The Kier molecular flexibility index (Phi) is 4.12. The third kappa shape index (κ3) is 3.56. The molecule has 0 saturated carbocycles. The first-order valence-electron chi connectivity index (χ1n) is 6.24. The Bertz CT molecular complexity index is 609. The average Bonchev–Trinajstić information content (AvgIpc) is 2.33. The van der Waals surface area contributed by atoms with Crippen LogP contribution < -0.4 is 10.6 Å². The number of rotatable bonds is 5. The number of hydrogen-bond donors (Lipinski definition) is 2. The standard InChI is InChI=1S/C13H18N2O4S/c1-13(8-14-9-13)19-7-12(16)15-10-5-3-4-6-11(10)20(2,17)18/h3-6,14H,7-9H2,1-2H3,(H,15,16). The van der Waals surface area contributed by atoms with E-state index in [4.69, 9.17) is 4.74 Å². The average molecular weight is 298 g/mol. The van der Waals surface area contributed by atoms with Crippen molar-refractivity contribution in [2.45, 2.75) is 17.4 Å². The molecule has 1 saturated heterocycles. The Morgan fingerprint density at radius 3 is 2.60 bits per heavy atom. The zero-order valence-corrected chi connectivity index (χ0v) is 12.3. The van der Waals surface area contributed by atoms with E-state index in [1.807, 2.05) is 6.92 Å². The van der Waals surface area contributed by atoms with Gasteiger partial charge < -0.3 is 15.4 Å². The molecule has 0 atom stereocenters. The lowest BCUT2D eigenvalue weighted by Gasteiger charge is -2.38. The number of benzene rings is 1. The molecule has 1 amide bonds. The van der Waals surface area contributed by atoms with Gasteiger partial charge in [0.15, 0.2) is 9.84 Å². The lowest BCUT2D eigenvalue weighted by molar-refractivity contribution is -0.130. The van der Waals surface area contributed by atoms with Crippen molar-refractivity contribution in [3.8, 4) is 0 Å². The van der Waals surface area contributed by atoms with Gasteiger partial charge in [-0.3, -0.25) is 4.79 Å². The van der Waals surface area contributed by atoms with Crippen LogP contribution in [0.15, 0.2) is 29.2 Å². The second-order valence-corrected chi connectivity index (χ2v) is 7.14. The molecule has 1 aliphatic rings. The van der Waals surface area contributed by atoms with Crippen molar-refractivity contribution >= 4 is 21.4 Å². The molecule has 0 radical (unpaired) electrons. The van der Waals surface area contributed by atoms with Crippen molar-refractivity contribution in [1.29, 1.82) is 0 Å². The molecule has 2 N–H and O–H groups in total. The van der Waals surface area contributed by atoms with E-state index in [-0.39, 0.29) is 28.7 Å². The van der Waals surface area contributed by atoms with Crippen LogP contribution in [0.1, 0.15) is 6.92 Å². The second kappa shape index (κ2) is 5.51. The Morgan fingerprint density at radius 2 is 2.05 bits per heavy atom. The molecular weight excluding hydrogens is 280 g/mol. The molecule has 20 heavy (non-hydrogen) atoms. The molecule has 1 heterocycles. The van der Waals surface area contributed by atoms with Gasteiger partial charge in [-0.25, -0.2) is 8.42 Å². The summed E-state index contributed by atoms with van der Waals surface area (Å²) in [4.78, 5) is 11.9. The highest BCUT2D eigenvalue weighted by molar-refractivity contribution is 7.90. The molecule has 2 rings (SSSR count). The summed E-state index contributed by atoms with van der Waals surface area (Å²) < 4.78 is 28.7. The highest BCUT2D eigenvalue weighted by Crippen LogP contribution is 2.21. The summed E-state index contributed by atoms with van der Waals surface area (Å²) in [5.41, 5.74) is -0.0336. The maximum Gasteiger partial charge on any atom is 0.250 e. The molecule has 0 unspecified atom stereocenters. The SMILES string of the molecule is CC1(OCC(=O)Nc2ccccc2S(C)(=O)=O)CNC1. The predicted octanol–water partition coefficient (Wildman–Crippen LogP) is 0.407. The molecule has 1 aliphatic heterocycles. The monoisotopic (exact) mass is 298 g/mol. The van der Waals surface area contributed by atoms with Gasteiger partial charge in [-0.05, 0) is 19.1 Å². The van der Waals surface area contributed by atoms with Gasteiger partial charge in [0.05, 0.1) is 16.2 Å². The molecule has 7 heteroatoms. The first-order chi connectivity index (χ1) is 9.30. The van der Waals surface area contributed by atoms with Crippen LogP contribution >= 0.6 is 0 Å². The van der Waals surface area contributed by atoms with Gasteiger partial charge in [-0.2, -0.15) is 0 Å². The number of nitrogens with one attached hydrogen (secondary N) is 2. The summed E-state index contributed by atoms with van der Waals surface area (Å²) in [5, 5.41) is 5.64. The summed E-state index contributed by atoms with van der Waals surface area (Å²) in [7, 11) is -3.38. The van der Waals surface area contributed by atoms with Gasteiger partial charge in [0.2, 0.25) is 5.91 Å². The van der Waals surface area contributed by atoms with E-state index in [0.29, 0.717) is 13.1 Å². The minimum atomic E-state index is -3.38. The fraction of sp³-hybridized carbons (Fsp3) is 0.462. The first kappa shape index (κ1) is 15.0. The van der Waals surface area contributed by atoms with Crippen LogP contribution in [-0.2, 0) is 19.4 Å². The van der Waals surface area contributed by atoms with Crippen LogP contribution in [0.25, 0.3) is 0 Å². The van der Waals surface area contributed by atoms with E-state index in [2.05, 4.69) is 10.6 Å². The first-order valence-corrected chi connectivity index (χ1v) is 8.13. The Hall–Kier alpha value is -1.44. The molecule has 0 aliphatic carbocycles. The van der Waals surface area contributed by atoms with Crippen LogP contribution in [0.3, 0.4) is 0 Å². The zero-order chi connectivity index (χ0) is 14.8. The molecule has 0 spiro atoms. The van der Waals surface area contributed by atoms with Crippen molar-refractivity contribution in [2.24, 2.45) is 0 Å². The van der Waals surface area contributed by atoms with Gasteiger partial charge in [0, 0.05) is 19.3 Å². The molecule has 6 nitrogen and oxygen atoms in total. The highest BCUT2D eigenvalue weighted by Gasteiger charge is 2.33. The van der Waals surface area contributed by atoms with Gasteiger partial charge in [-0.15, -0.1) is 0 Å². The number of amides is 1. The number of para-hydroxylation sites is 1. The molecule has 0 aromatic heterocycles. The maximum atomic E-state index is 11.8. The van der Waals surface area contributed by atoms with Crippen molar-refractivity contribution in [2.75, 3.05) is 31.3 Å². The molecule has 1 aromatic carbocycles. The van der Waals surface area contributed by atoms with Crippen LogP contribution in [0.2, 0.25) is 0 Å². The van der Waals surface area contributed by atoms with Crippen molar-refractivity contribution in [3.05, 3.63) is 24.3 Å². The third-order valence-electron chi connectivity index (χ3n) is 3.11. The number of ether oxygens (including phenoxy) is 1. The summed E-state index contributed by atoms with van der Waals surface area (Å²) in [6.07, 6.45) is 1.11. The largest absolute Gasteiger partial charge is 0.363 e. The quantitative estimate of drug-likeness (QED) is 0.822. The second-order valence-electron chi connectivity index (χ2n) is 5.16. The fourth-order valence-corrected chi connectivity index (χ4v) is 2.74. The number of anilines is 1. The van der Waals surface area contributed by atoms with E-state index in [1.165, 1.54) is 6.07 Å². The molecule has 1 fully saturated rings. The number of carbonyl (C=O) groups excluding carboxylic acids is 1. The van der Waals surface area contributed by atoms with Crippen molar-refractivity contribution in [3.63, 3.8) is 0 Å². The molecule has 1 aromatic rings. The Labute approximate surface area is 118 Å². The van der Waals surface area contributed by atoms with Crippen molar-refractivity contribution in [1.82, 2.24) is 5.32 Å². The molecular formula is C13H18N2O4S. The Balaban J connectivity index is 2.01. The maximum absolute atomic E-state index is 11.8. The lowest BCUT2D eigenvalue weighted by atomic mass is 10.0. The topological polar surface area (TPSA) is 84.5 Å². The normalized spacial score (nSPS) is 17.3. The minimum Gasteiger partial charge on any atom is -0.363 e. The summed E-state index contributed by atoms with van der Waals surface area (Å²) >= 11 is 0. The van der Waals surface area contributed by atoms with Gasteiger partial charge in [0.1, 0.15) is 6.61 Å². The van der Waals surface area contributed by atoms with Crippen LogP contribution in [-0.4, -0.2) is 45.9 Å². The fourth-order valence-electron chi connectivity index (χ4n) is 1.90. The van der Waals surface area contributed by atoms with E-state index in [9.17, 15) is 13.2 Å². The zero-order valence-electron chi connectivity index (χ0n) is 11.5. The minimum absolute atomic E-state index is 0.101. The predicted molar refractivity (Wildman–Crippen MR) is 75.4 cm³/mol. The van der Waals surface area contributed by atoms with E-state index in [0.717, 1.165) is 6.26 Å². The van der Waals surface area contributed by atoms with Crippen LogP contribution in [0.4, 0.5) is 5.69 Å². The number of hydrogen-bond acceptors (Lipinski definition) is 5. The van der Waals surface area contributed by atoms with Gasteiger partial charge >= 0.3 is 0 Å². The Morgan fingerprint density at radius 1 is 1.40 bits per heavy atom. The van der Waals surface area contributed by atoms with Crippen molar-refractivity contribution < 1.29 is 17.9 Å². The third-order valence-corrected chi connectivity index (χ3v) is 4.27. The summed E-state index contributed by atoms with van der Waals surface area (Å²) in [6, 6.07) is 6.30. The van der Waals surface area contributed by atoms with E-state index < -0.39 is 9.84 Å². The van der Waals surface area contributed by atoms with Crippen LogP contribution in [0, 0.1) is 0 Å². The van der Waals surface area contributed by atoms with E-state index in [1.54, 1.807) is 18.2 Å². The lowest BCUT2D eigenvalue weighted by Crippen LogP contribution is -2.59. The number of sulfone groups is 1. The smallest absolute Gasteiger partial charge is 0.250 e. The summed E-state index contributed by atoms with van der Waals surface area (Å²) in [5.74, 6) is -0.366. The molecule has 0 bridgehead atoms. The number of carbonyl (C=O) groups is 1. The summed E-state index contributed by atoms with van der Waals surface area (Å²) in [6.45, 7) is 3.23. The van der Waals surface area contributed by atoms with Gasteiger partial charge in [-0.1, -0.05) is 12.1 Å². The molecule has 110 valence electrons.